The lowest BCUT2D eigenvalue weighted by molar-refractivity contribution is -0.0742. The summed E-state index contributed by atoms with van der Waals surface area (Å²) in [6, 6.07) is 0. The van der Waals surface area contributed by atoms with Crippen LogP contribution in [0, 0.1) is 23.2 Å². The Morgan fingerprint density at radius 1 is 0.759 bits per heavy atom. The van der Waals surface area contributed by atoms with Crippen molar-refractivity contribution in [3.8, 4) is 0 Å². The monoisotopic (exact) mass is 414 g/mol. The summed E-state index contributed by atoms with van der Waals surface area (Å²) in [4.78, 5) is 0. The van der Waals surface area contributed by atoms with Gasteiger partial charge in [0.2, 0.25) is 0 Å². The molecule has 0 radical (unpaired) electrons. The van der Waals surface area contributed by atoms with Gasteiger partial charge in [0.15, 0.2) is 0 Å². The molecular formula is C26H51FO2. The van der Waals surface area contributed by atoms with Crippen LogP contribution < -0.4 is 0 Å². The van der Waals surface area contributed by atoms with Gasteiger partial charge in [-0.25, -0.2) is 4.39 Å². The second-order valence-electron chi connectivity index (χ2n) is 10.5. The van der Waals surface area contributed by atoms with Gasteiger partial charge in [0, 0.05) is 18.6 Å². The molecule has 0 bridgehead atoms. The fourth-order valence-corrected chi connectivity index (χ4v) is 4.89. The summed E-state index contributed by atoms with van der Waals surface area (Å²) in [5, 5.41) is 0. The molecule has 1 aliphatic rings. The Morgan fingerprint density at radius 3 is 1.66 bits per heavy atom. The van der Waals surface area contributed by atoms with Crippen molar-refractivity contribution >= 4 is 0 Å². The number of hydrogen-bond acceptors (Lipinski definition) is 2. The highest BCUT2D eigenvalue weighted by molar-refractivity contribution is 4.92. The smallest absolute Gasteiger partial charge is 0.111 e. The fourth-order valence-electron chi connectivity index (χ4n) is 4.89. The van der Waals surface area contributed by atoms with Gasteiger partial charge >= 0.3 is 0 Å². The molecule has 0 atom stereocenters. The first-order valence-electron chi connectivity index (χ1n) is 12.6. The van der Waals surface area contributed by atoms with Gasteiger partial charge in [0.1, 0.15) is 5.67 Å². The second-order valence-corrected chi connectivity index (χ2v) is 10.5. The summed E-state index contributed by atoms with van der Waals surface area (Å²) in [6.07, 6.45) is 11.3. The van der Waals surface area contributed by atoms with E-state index in [0.717, 1.165) is 45.7 Å². The predicted octanol–water partition coefficient (Wildman–Crippen LogP) is 7.99. The normalized spacial score (nSPS) is 16.9. The molecule has 0 spiro atoms. The Balaban J connectivity index is 2.97. The maximum absolute atomic E-state index is 16.2. The zero-order valence-electron chi connectivity index (χ0n) is 20.5. The van der Waals surface area contributed by atoms with Crippen LogP contribution >= 0.6 is 0 Å². The van der Waals surface area contributed by atoms with E-state index in [1.54, 1.807) is 0 Å². The van der Waals surface area contributed by atoms with Crippen LogP contribution in [0.2, 0.25) is 0 Å². The number of rotatable bonds is 16. The van der Waals surface area contributed by atoms with E-state index in [4.69, 9.17) is 9.47 Å². The molecule has 1 aliphatic carbocycles. The van der Waals surface area contributed by atoms with Gasteiger partial charge in [-0.2, -0.15) is 0 Å². The molecule has 0 unspecified atom stereocenters. The molecule has 2 nitrogen and oxygen atoms in total. The molecule has 0 heterocycles. The van der Waals surface area contributed by atoms with E-state index in [2.05, 4.69) is 41.5 Å². The summed E-state index contributed by atoms with van der Waals surface area (Å²) in [6.45, 7) is 15.9. The van der Waals surface area contributed by atoms with Gasteiger partial charge in [0.25, 0.3) is 0 Å². The lowest BCUT2D eigenvalue weighted by atomic mass is 9.65. The quantitative estimate of drug-likeness (QED) is 0.255. The Morgan fingerprint density at radius 2 is 1.24 bits per heavy atom. The van der Waals surface area contributed by atoms with Gasteiger partial charge in [-0.15, -0.1) is 0 Å². The van der Waals surface area contributed by atoms with E-state index in [1.807, 2.05) is 0 Å². The summed E-state index contributed by atoms with van der Waals surface area (Å²) < 4.78 is 28.2. The lowest BCUT2D eigenvalue weighted by Crippen LogP contribution is -2.42. The highest BCUT2D eigenvalue weighted by Crippen LogP contribution is 2.45. The minimum absolute atomic E-state index is 0.0283. The van der Waals surface area contributed by atoms with Gasteiger partial charge in [-0.05, 0) is 83.0 Å². The second kappa shape index (κ2) is 14.0. The van der Waals surface area contributed by atoms with Crippen LogP contribution in [-0.2, 0) is 9.47 Å². The summed E-state index contributed by atoms with van der Waals surface area (Å²) in [7, 11) is 0. The van der Waals surface area contributed by atoms with E-state index in [9.17, 15) is 0 Å². The Bertz CT molecular complexity index is 382. The Hall–Kier alpha value is -0.150. The van der Waals surface area contributed by atoms with E-state index < -0.39 is 5.67 Å². The average Bonchev–Trinajstić information content (AvgIpc) is 2.71. The first-order chi connectivity index (χ1) is 13.8. The van der Waals surface area contributed by atoms with Crippen molar-refractivity contribution in [1.29, 1.82) is 0 Å². The minimum atomic E-state index is -1.05. The summed E-state index contributed by atoms with van der Waals surface area (Å²) in [5.41, 5.74) is -1.08. The van der Waals surface area contributed by atoms with Crippen molar-refractivity contribution in [3.63, 3.8) is 0 Å². The summed E-state index contributed by atoms with van der Waals surface area (Å²) >= 11 is 0. The number of hydrogen-bond donors (Lipinski definition) is 0. The highest BCUT2D eigenvalue weighted by Gasteiger charge is 2.42. The maximum atomic E-state index is 16.2. The van der Waals surface area contributed by atoms with Crippen molar-refractivity contribution in [2.75, 3.05) is 26.4 Å². The third kappa shape index (κ3) is 10.1. The average molecular weight is 415 g/mol. The van der Waals surface area contributed by atoms with Crippen LogP contribution in [0.5, 0.6) is 0 Å². The molecule has 0 saturated heterocycles. The zero-order chi connectivity index (χ0) is 21.8. The predicted molar refractivity (Wildman–Crippen MR) is 123 cm³/mol. The molecule has 0 aromatic carbocycles. The molecule has 29 heavy (non-hydrogen) atoms. The molecular weight excluding hydrogens is 363 g/mol. The fraction of sp³-hybridized carbons (Fsp3) is 1.00. The molecule has 3 heteroatoms. The van der Waals surface area contributed by atoms with Crippen molar-refractivity contribution in [2.24, 2.45) is 23.2 Å². The first-order valence-corrected chi connectivity index (χ1v) is 12.6. The van der Waals surface area contributed by atoms with Gasteiger partial charge in [0.05, 0.1) is 13.2 Å². The highest BCUT2D eigenvalue weighted by atomic mass is 19.1. The Labute approximate surface area is 181 Å². The molecule has 0 aromatic rings. The molecule has 0 aromatic heterocycles. The first kappa shape index (κ1) is 26.9. The van der Waals surface area contributed by atoms with Gasteiger partial charge in [-0.3, -0.25) is 0 Å². The van der Waals surface area contributed by atoms with Crippen LogP contribution in [0.15, 0.2) is 0 Å². The van der Waals surface area contributed by atoms with E-state index in [-0.39, 0.29) is 5.41 Å². The van der Waals surface area contributed by atoms with E-state index >= 15 is 4.39 Å². The topological polar surface area (TPSA) is 18.5 Å². The number of halogens is 1. The summed E-state index contributed by atoms with van der Waals surface area (Å²) in [5.74, 6) is 1.71. The molecule has 174 valence electrons. The molecule has 1 fully saturated rings. The van der Waals surface area contributed by atoms with Gasteiger partial charge in [-0.1, -0.05) is 47.0 Å². The molecule has 0 aliphatic heterocycles. The maximum Gasteiger partial charge on any atom is 0.111 e. The SMILES string of the molecule is CCOCC(CCC(F)(CCC(C)C)CCC(C)C)(COCC)C1CCCCC1. The molecule has 0 N–H and O–H groups in total. The van der Waals surface area contributed by atoms with E-state index in [1.165, 1.54) is 32.1 Å². The zero-order valence-corrected chi connectivity index (χ0v) is 20.5. The van der Waals surface area contributed by atoms with Crippen LogP contribution in [0.3, 0.4) is 0 Å². The standard InChI is InChI=1S/C26H51FO2/c1-7-28-20-25(21-29-8-2,24-12-10-9-11-13-24)18-19-26(27,16-14-22(3)4)17-15-23(5)6/h22-24H,7-21H2,1-6H3. The minimum Gasteiger partial charge on any atom is -0.381 e. The third-order valence-corrected chi connectivity index (χ3v) is 7.07. The van der Waals surface area contributed by atoms with E-state index in [0.29, 0.717) is 37.0 Å². The van der Waals surface area contributed by atoms with Crippen LogP contribution in [0.1, 0.15) is 112 Å². The number of alkyl halides is 1. The Kier molecular flexibility index (Phi) is 13.0. The number of ether oxygens (including phenoxy) is 2. The van der Waals surface area contributed by atoms with Gasteiger partial charge < -0.3 is 9.47 Å². The van der Waals surface area contributed by atoms with Crippen molar-refractivity contribution in [1.82, 2.24) is 0 Å². The largest absolute Gasteiger partial charge is 0.381 e. The van der Waals surface area contributed by atoms with Crippen LogP contribution in [-0.4, -0.2) is 32.1 Å². The molecule has 0 amide bonds. The van der Waals surface area contributed by atoms with Crippen LogP contribution in [0.4, 0.5) is 4.39 Å². The van der Waals surface area contributed by atoms with Crippen molar-refractivity contribution < 1.29 is 13.9 Å². The molecule has 1 saturated carbocycles. The molecule has 1 rings (SSSR count). The van der Waals surface area contributed by atoms with Crippen molar-refractivity contribution in [3.05, 3.63) is 0 Å². The van der Waals surface area contributed by atoms with Crippen LogP contribution in [0.25, 0.3) is 0 Å². The third-order valence-electron chi connectivity index (χ3n) is 7.07. The lowest BCUT2D eigenvalue weighted by Gasteiger charge is -2.44. The van der Waals surface area contributed by atoms with Crippen molar-refractivity contribution in [2.45, 2.75) is 118 Å².